The predicted octanol–water partition coefficient (Wildman–Crippen LogP) is 5.19. The number of aromatic nitrogens is 1. The number of nitrogens with zero attached hydrogens (tertiary/aromatic N) is 4. The summed E-state index contributed by atoms with van der Waals surface area (Å²) in [5, 5.41) is 13.3. The lowest BCUT2D eigenvalue weighted by Gasteiger charge is -2.33. The molecule has 0 spiro atoms. The van der Waals surface area contributed by atoms with Gasteiger partial charge >= 0.3 is 0 Å². The molecule has 1 aromatic carbocycles. The van der Waals surface area contributed by atoms with Gasteiger partial charge in [-0.15, -0.1) is 11.6 Å². The van der Waals surface area contributed by atoms with Crippen LogP contribution in [0.25, 0.3) is 0 Å². The first-order valence-electron chi connectivity index (χ1n) is 11.7. The molecule has 1 unspecified atom stereocenters. The fourth-order valence-electron chi connectivity index (χ4n) is 4.17. The van der Waals surface area contributed by atoms with Crippen molar-refractivity contribution in [3.05, 3.63) is 58.7 Å². The molecule has 1 aliphatic rings. The Morgan fingerprint density at radius 3 is 2.35 bits per heavy atom. The summed E-state index contributed by atoms with van der Waals surface area (Å²) in [7, 11) is 0. The third kappa shape index (κ3) is 7.33. The number of nitrogens with one attached hydrogen (secondary N) is 1. The number of alkyl halides is 1. The Hall–Kier alpha value is -2.33. The second kappa shape index (κ2) is 13.5. The molecule has 34 heavy (non-hydrogen) atoms. The smallest absolute Gasteiger partial charge is 0.223 e. The summed E-state index contributed by atoms with van der Waals surface area (Å²) in [6, 6.07) is 13.8. The fourth-order valence-corrected chi connectivity index (χ4v) is 4.30. The summed E-state index contributed by atoms with van der Waals surface area (Å²) in [6.07, 6.45) is 5.70. The monoisotopic (exact) mass is 503 g/mol. The van der Waals surface area contributed by atoms with Crippen molar-refractivity contribution in [3.63, 3.8) is 0 Å². The summed E-state index contributed by atoms with van der Waals surface area (Å²) in [5.74, 6) is 0.977. The number of carbonyl (C=O) groups is 1. The maximum atomic E-state index is 12.9. The van der Waals surface area contributed by atoms with Gasteiger partial charge in [0.1, 0.15) is 11.9 Å². The average molecular weight is 505 g/mol. The van der Waals surface area contributed by atoms with E-state index in [-0.39, 0.29) is 17.5 Å². The molecule has 1 fully saturated rings. The van der Waals surface area contributed by atoms with Crippen molar-refractivity contribution in [1.82, 2.24) is 15.2 Å². The molecule has 1 heterocycles. The Morgan fingerprint density at radius 2 is 1.85 bits per heavy atom. The average Bonchev–Trinajstić information content (AvgIpc) is 3.65. The van der Waals surface area contributed by atoms with E-state index >= 15 is 0 Å². The van der Waals surface area contributed by atoms with Crippen LogP contribution in [0.4, 0.5) is 5.82 Å². The molecule has 1 aliphatic carbocycles. The first kappa shape index (κ1) is 27.9. The number of amides is 1. The highest BCUT2D eigenvalue weighted by molar-refractivity contribution is 6.30. The van der Waals surface area contributed by atoms with Gasteiger partial charge in [-0.2, -0.15) is 5.26 Å². The number of rotatable bonds is 11. The van der Waals surface area contributed by atoms with E-state index < -0.39 is 0 Å². The van der Waals surface area contributed by atoms with E-state index in [9.17, 15) is 4.79 Å². The molecule has 8 heteroatoms. The minimum absolute atomic E-state index is 0.00449. The van der Waals surface area contributed by atoms with E-state index in [4.69, 9.17) is 16.9 Å². The second-order valence-corrected chi connectivity index (χ2v) is 8.79. The molecule has 1 amide bonds. The molecule has 184 valence electrons. The number of nitriles is 1. The third-order valence-electron chi connectivity index (χ3n) is 6.21. The number of hydrogen-bond acceptors (Lipinski definition) is 5. The zero-order valence-corrected chi connectivity index (χ0v) is 22.0. The Morgan fingerprint density at radius 1 is 1.18 bits per heavy atom. The zero-order valence-electron chi connectivity index (χ0n) is 20.5. The van der Waals surface area contributed by atoms with Crippen LogP contribution in [0.15, 0.2) is 42.6 Å². The van der Waals surface area contributed by atoms with Crippen molar-refractivity contribution < 1.29 is 4.79 Å². The number of carbonyl (C=O) groups excluding carboxylic acids is 1. The topological polar surface area (TPSA) is 72.3 Å². The van der Waals surface area contributed by atoms with Crippen LogP contribution in [0, 0.1) is 11.3 Å². The maximum absolute atomic E-state index is 12.9. The first-order valence-corrected chi connectivity index (χ1v) is 12.8. The van der Waals surface area contributed by atoms with E-state index in [0.717, 1.165) is 30.2 Å². The number of halogens is 2. The van der Waals surface area contributed by atoms with Gasteiger partial charge in [-0.25, -0.2) is 4.98 Å². The number of pyridine rings is 1. The fraction of sp³-hybridized carbons (Fsp3) is 0.500. The molecule has 3 rings (SSSR count). The van der Waals surface area contributed by atoms with Gasteiger partial charge in [0, 0.05) is 61.8 Å². The summed E-state index contributed by atoms with van der Waals surface area (Å²) in [4.78, 5) is 21.4. The van der Waals surface area contributed by atoms with Crippen molar-refractivity contribution in [2.24, 2.45) is 0 Å². The van der Waals surface area contributed by atoms with Gasteiger partial charge in [-0.05, 0) is 63.4 Å². The minimum Gasteiger partial charge on any atom is -0.352 e. The Kier molecular flexibility index (Phi) is 11.1. The lowest BCUT2D eigenvalue weighted by molar-refractivity contribution is -0.131. The molecule has 0 radical (unpaired) electrons. The van der Waals surface area contributed by atoms with Gasteiger partial charge in [0.25, 0.3) is 0 Å². The first-order chi connectivity index (χ1) is 16.4. The van der Waals surface area contributed by atoms with Crippen molar-refractivity contribution in [2.45, 2.75) is 51.6 Å². The van der Waals surface area contributed by atoms with Crippen molar-refractivity contribution in [1.29, 1.82) is 5.26 Å². The maximum Gasteiger partial charge on any atom is 0.223 e. The summed E-state index contributed by atoms with van der Waals surface area (Å²) >= 11 is 10.7. The van der Waals surface area contributed by atoms with Crippen LogP contribution in [0.3, 0.4) is 0 Å². The summed E-state index contributed by atoms with van der Waals surface area (Å²) in [5.41, 5.74) is 1.78. The van der Waals surface area contributed by atoms with E-state index in [2.05, 4.69) is 58.9 Å². The molecular formula is C26H35Cl2N5O. The van der Waals surface area contributed by atoms with Crippen LogP contribution in [-0.4, -0.2) is 54.4 Å². The molecular weight excluding hydrogens is 469 g/mol. The standard InChI is InChI=1S/C25H32ClN5O.CH3Cl/c1-4-30(18-19(3)31(5-2)23-11-6-20(16-27)17-28-23)24(32)12-15-29-25(13-14-25)21-7-9-22(26)10-8-21;1-2/h6-11,17,19,29H,4-5,12-15,18H2,1-3H3;1H3. The van der Waals surface area contributed by atoms with Crippen LogP contribution in [0.1, 0.15) is 51.2 Å². The zero-order chi connectivity index (χ0) is 25.1. The predicted molar refractivity (Wildman–Crippen MR) is 140 cm³/mol. The number of benzene rings is 1. The summed E-state index contributed by atoms with van der Waals surface area (Å²) in [6.45, 7) is 8.93. The van der Waals surface area contributed by atoms with Crippen LogP contribution in [-0.2, 0) is 10.3 Å². The second-order valence-electron chi connectivity index (χ2n) is 8.35. The van der Waals surface area contributed by atoms with E-state index in [1.165, 1.54) is 11.9 Å². The van der Waals surface area contributed by atoms with Gasteiger partial charge in [0.05, 0.1) is 5.56 Å². The quantitative estimate of drug-likeness (QED) is 0.427. The SMILES string of the molecule is CCN(CC(C)N(CC)c1ccc(C#N)cn1)C(=O)CCNC1(c2ccc(Cl)cc2)CC1.CCl. The minimum atomic E-state index is -0.00449. The number of hydrogen-bond donors (Lipinski definition) is 1. The number of anilines is 1. The summed E-state index contributed by atoms with van der Waals surface area (Å²) < 4.78 is 0. The van der Waals surface area contributed by atoms with Gasteiger partial charge in [-0.1, -0.05) is 23.7 Å². The highest BCUT2D eigenvalue weighted by Gasteiger charge is 2.43. The lowest BCUT2D eigenvalue weighted by Crippen LogP contribution is -2.45. The normalized spacial score (nSPS) is 14.3. The third-order valence-corrected chi connectivity index (χ3v) is 6.46. The van der Waals surface area contributed by atoms with Gasteiger partial charge in [0.15, 0.2) is 0 Å². The van der Waals surface area contributed by atoms with E-state index in [1.54, 1.807) is 12.3 Å². The van der Waals surface area contributed by atoms with Crippen LogP contribution in [0.5, 0.6) is 0 Å². The highest BCUT2D eigenvalue weighted by atomic mass is 35.5. The van der Waals surface area contributed by atoms with Crippen molar-refractivity contribution in [2.75, 3.05) is 37.5 Å². The lowest BCUT2D eigenvalue weighted by atomic mass is 10.0. The molecule has 0 aliphatic heterocycles. The molecule has 2 aromatic rings. The highest BCUT2D eigenvalue weighted by Crippen LogP contribution is 2.45. The van der Waals surface area contributed by atoms with Gasteiger partial charge < -0.3 is 15.1 Å². The van der Waals surface area contributed by atoms with E-state index in [1.807, 2.05) is 30.0 Å². The van der Waals surface area contributed by atoms with Crippen LogP contribution < -0.4 is 10.2 Å². The molecule has 0 bridgehead atoms. The molecule has 1 N–H and O–H groups in total. The Labute approximate surface area is 213 Å². The van der Waals surface area contributed by atoms with Gasteiger partial charge in [-0.3, -0.25) is 4.79 Å². The Bertz CT molecular complexity index is 939. The van der Waals surface area contributed by atoms with Gasteiger partial charge in [0.2, 0.25) is 5.91 Å². The van der Waals surface area contributed by atoms with Crippen LogP contribution >= 0.6 is 23.2 Å². The molecule has 1 atom stereocenters. The molecule has 1 saturated carbocycles. The number of likely N-dealkylation sites (N-methyl/N-ethyl adjacent to an activating group) is 2. The van der Waals surface area contributed by atoms with Crippen LogP contribution in [0.2, 0.25) is 5.02 Å². The molecule has 6 nitrogen and oxygen atoms in total. The van der Waals surface area contributed by atoms with Crippen molar-refractivity contribution in [3.8, 4) is 6.07 Å². The van der Waals surface area contributed by atoms with E-state index in [0.29, 0.717) is 31.6 Å². The Balaban J connectivity index is 0.00000199. The molecule has 1 aromatic heterocycles. The molecule has 0 saturated heterocycles. The largest absolute Gasteiger partial charge is 0.352 e. The van der Waals surface area contributed by atoms with Crippen molar-refractivity contribution >= 4 is 34.9 Å².